The minimum absolute atomic E-state index is 0.00223. The second kappa shape index (κ2) is 6.96. The van der Waals surface area contributed by atoms with E-state index < -0.39 is 0 Å². The van der Waals surface area contributed by atoms with Crippen LogP contribution in [-0.2, 0) is 9.53 Å². The van der Waals surface area contributed by atoms with Crippen LogP contribution in [0.5, 0.6) is 5.75 Å². The van der Waals surface area contributed by atoms with Crippen molar-refractivity contribution >= 4 is 28.7 Å². The van der Waals surface area contributed by atoms with E-state index in [9.17, 15) is 14.7 Å². The topological polar surface area (TPSA) is 70.1 Å². The Hall–Kier alpha value is -2.60. The highest BCUT2D eigenvalue weighted by molar-refractivity contribution is 6.01. The largest absolute Gasteiger partial charge is 0.507 e. The van der Waals surface area contributed by atoms with Gasteiger partial charge in [-0.15, -0.1) is 0 Å². The molecule has 1 amide bonds. The summed E-state index contributed by atoms with van der Waals surface area (Å²) in [7, 11) is 0. The lowest BCUT2D eigenvalue weighted by Gasteiger charge is -2.29. The number of phenols is 1. The first kappa shape index (κ1) is 16.8. The van der Waals surface area contributed by atoms with Crippen molar-refractivity contribution in [2.24, 2.45) is 5.92 Å². The molecule has 4 rings (SSSR count). The zero-order valence-electron chi connectivity index (χ0n) is 14.6. The van der Waals surface area contributed by atoms with Gasteiger partial charge in [-0.1, -0.05) is 12.1 Å². The van der Waals surface area contributed by atoms with Crippen LogP contribution in [0.25, 0.3) is 10.8 Å². The first-order chi connectivity index (χ1) is 12.7. The highest BCUT2D eigenvalue weighted by atomic mass is 16.5. The summed E-state index contributed by atoms with van der Waals surface area (Å²) in [5, 5.41) is 11.5. The quantitative estimate of drug-likeness (QED) is 0.855. The van der Waals surface area contributed by atoms with Gasteiger partial charge in [0.1, 0.15) is 5.75 Å². The third kappa shape index (κ3) is 3.01. The molecule has 1 unspecified atom stereocenters. The van der Waals surface area contributed by atoms with Crippen LogP contribution >= 0.6 is 0 Å². The van der Waals surface area contributed by atoms with Crippen LogP contribution in [0.15, 0.2) is 30.3 Å². The number of hydrogen-bond acceptors (Lipinski definition) is 5. The lowest BCUT2D eigenvalue weighted by Crippen LogP contribution is -2.44. The summed E-state index contributed by atoms with van der Waals surface area (Å²) >= 11 is 0. The lowest BCUT2D eigenvalue weighted by atomic mass is 10.0. The molecule has 0 aliphatic carbocycles. The highest BCUT2D eigenvalue weighted by Gasteiger charge is 2.32. The number of carbonyl (C=O) groups is 2. The SMILES string of the molecule is O=Cc1c(O)ccc2cc(N3CCC(C(=O)N4CCOCC4)C3)ccc12. The summed E-state index contributed by atoms with van der Waals surface area (Å²) < 4.78 is 5.32. The Balaban J connectivity index is 1.52. The molecule has 2 fully saturated rings. The molecule has 2 heterocycles. The fourth-order valence-electron chi connectivity index (χ4n) is 3.89. The Kier molecular flexibility index (Phi) is 4.51. The number of amides is 1. The van der Waals surface area contributed by atoms with Gasteiger partial charge in [0.25, 0.3) is 0 Å². The Bertz CT molecular complexity index is 845. The van der Waals surface area contributed by atoms with Crippen LogP contribution in [0.1, 0.15) is 16.8 Å². The second-order valence-electron chi connectivity index (χ2n) is 6.89. The summed E-state index contributed by atoms with van der Waals surface area (Å²) in [6.45, 7) is 4.16. The standard InChI is InChI=1S/C20H22N2O4/c23-13-18-17-3-2-16(11-14(17)1-4-19(18)24)22-6-5-15(12-22)20(25)21-7-9-26-10-8-21/h1-4,11,13,15,24H,5-10,12H2. The number of rotatable bonds is 3. The average Bonchev–Trinajstić information content (AvgIpc) is 3.18. The van der Waals surface area contributed by atoms with Gasteiger partial charge < -0.3 is 19.6 Å². The molecule has 2 aliphatic rings. The molecule has 0 aromatic heterocycles. The smallest absolute Gasteiger partial charge is 0.227 e. The van der Waals surface area contributed by atoms with Crippen LogP contribution in [0.3, 0.4) is 0 Å². The molecule has 1 atom stereocenters. The number of hydrogen-bond donors (Lipinski definition) is 1. The third-order valence-corrected chi connectivity index (χ3v) is 5.37. The van der Waals surface area contributed by atoms with Gasteiger partial charge in [-0.3, -0.25) is 9.59 Å². The normalized spacial score (nSPS) is 20.5. The molecule has 1 N–H and O–H groups in total. The van der Waals surface area contributed by atoms with Gasteiger partial charge in [-0.2, -0.15) is 0 Å². The summed E-state index contributed by atoms with van der Waals surface area (Å²) in [6.07, 6.45) is 1.54. The number of benzene rings is 2. The van der Waals surface area contributed by atoms with Crippen molar-refractivity contribution in [3.8, 4) is 5.75 Å². The monoisotopic (exact) mass is 354 g/mol. The van der Waals surface area contributed by atoms with Gasteiger partial charge in [0, 0.05) is 31.9 Å². The summed E-state index contributed by atoms with van der Waals surface area (Å²) in [6, 6.07) is 9.20. The zero-order valence-corrected chi connectivity index (χ0v) is 14.6. The minimum atomic E-state index is -0.00223. The Labute approximate surface area is 152 Å². The molecule has 0 saturated carbocycles. The van der Waals surface area contributed by atoms with E-state index in [1.165, 1.54) is 0 Å². The second-order valence-corrected chi connectivity index (χ2v) is 6.89. The van der Waals surface area contributed by atoms with Gasteiger partial charge in [0.15, 0.2) is 6.29 Å². The van der Waals surface area contributed by atoms with E-state index in [1.54, 1.807) is 6.07 Å². The van der Waals surface area contributed by atoms with E-state index in [0.29, 0.717) is 44.7 Å². The minimum Gasteiger partial charge on any atom is -0.507 e. The molecule has 0 radical (unpaired) electrons. The molecule has 2 aromatic carbocycles. The van der Waals surface area contributed by atoms with Gasteiger partial charge in [-0.05, 0) is 35.4 Å². The maximum absolute atomic E-state index is 12.7. The number of aldehydes is 1. The fourth-order valence-corrected chi connectivity index (χ4v) is 3.89. The Morgan fingerprint density at radius 2 is 1.96 bits per heavy atom. The molecule has 0 spiro atoms. The predicted octanol–water partition coefficient (Wildman–Crippen LogP) is 2.04. The molecule has 6 heteroatoms. The zero-order chi connectivity index (χ0) is 18.1. The van der Waals surface area contributed by atoms with E-state index in [-0.39, 0.29) is 17.6 Å². The number of nitrogens with zero attached hydrogens (tertiary/aromatic N) is 2. The molecule has 2 saturated heterocycles. The van der Waals surface area contributed by atoms with Crippen LogP contribution in [0.4, 0.5) is 5.69 Å². The Morgan fingerprint density at radius 3 is 2.73 bits per heavy atom. The van der Waals surface area contributed by atoms with Crippen molar-refractivity contribution in [2.75, 3.05) is 44.3 Å². The summed E-state index contributed by atoms with van der Waals surface area (Å²) in [4.78, 5) is 28.0. The molecule has 2 aliphatic heterocycles. The van der Waals surface area contributed by atoms with E-state index in [2.05, 4.69) is 4.90 Å². The van der Waals surface area contributed by atoms with Gasteiger partial charge in [-0.25, -0.2) is 0 Å². The van der Waals surface area contributed by atoms with E-state index >= 15 is 0 Å². The number of carbonyl (C=O) groups excluding carboxylic acids is 2. The maximum Gasteiger partial charge on any atom is 0.227 e. The predicted molar refractivity (Wildman–Crippen MR) is 98.7 cm³/mol. The van der Waals surface area contributed by atoms with Crippen molar-refractivity contribution in [2.45, 2.75) is 6.42 Å². The van der Waals surface area contributed by atoms with E-state index in [1.807, 2.05) is 29.2 Å². The number of morpholine rings is 1. The molecule has 26 heavy (non-hydrogen) atoms. The fraction of sp³-hybridized carbons (Fsp3) is 0.400. The molecular formula is C20H22N2O4. The number of ether oxygens (including phenoxy) is 1. The van der Waals surface area contributed by atoms with Crippen molar-refractivity contribution in [3.05, 3.63) is 35.9 Å². The number of phenolic OH excluding ortho intramolecular Hbond substituents is 1. The van der Waals surface area contributed by atoms with Crippen molar-refractivity contribution < 1.29 is 19.4 Å². The molecule has 2 aromatic rings. The van der Waals surface area contributed by atoms with Crippen molar-refractivity contribution in [3.63, 3.8) is 0 Å². The van der Waals surface area contributed by atoms with Gasteiger partial charge in [0.05, 0.1) is 24.7 Å². The molecule has 0 bridgehead atoms. The number of fused-ring (bicyclic) bond motifs is 1. The van der Waals surface area contributed by atoms with Gasteiger partial charge >= 0.3 is 0 Å². The summed E-state index contributed by atoms with van der Waals surface area (Å²) in [5.41, 5.74) is 1.35. The third-order valence-electron chi connectivity index (χ3n) is 5.37. The maximum atomic E-state index is 12.7. The lowest BCUT2D eigenvalue weighted by molar-refractivity contribution is -0.138. The molecular weight excluding hydrogens is 332 g/mol. The first-order valence-electron chi connectivity index (χ1n) is 9.00. The van der Waals surface area contributed by atoms with E-state index in [4.69, 9.17) is 4.74 Å². The number of anilines is 1. The van der Waals surface area contributed by atoms with Crippen LogP contribution < -0.4 is 4.90 Å². The van der Waals surface area contributed by atoms with Crippen LogP contribution in [-0.4, -0.2) is 61.6 Å². The molecule has 6 nitrogen and oxygen atoms in total. The Morgan fingerprint density at radius 1 is 1.15 bits per heavy atom. The van der Waals surface area contributed by atoms with E-state index in [0.717, 1.165) is 29.4 Å². The van der Waals surface area contributed by atoms with Gasteiger partial charge in [0.2, 0.25) is 5.91 Å². The first-order valence-corrected chi connectivity index (χ1v) is 9.00. The molecule has 136 valence electrons. The van der Waals surface area contributed by atoms with Crippen molar-refractivity contribution in [1.82, 2.24) is 4.90 Å². The van der Waals surface area contributed by atoms with Crippen molar-refractivity contribution in [1.29, 1.82) is 0 Å². The van der Waals surface area contributed by atoms with Crippen LogP contribution in [0.2, 0.25) is 0 Å². The average molecular weight is 354 g/mol. The highest BCUT2D eigenvalue weighted by Crippen LogP contribution is 2.31. The van der Waals surface area contributed by atoms with Crippen LogP contribution in [0, 0.1) is 5.92 Å². The number of aromatic hydroxyl groups is 1. The summed E-state index contributed by atoms with van der Waals surface area (Å²) in [5.74, 6) is 0.247.